The first-order valence-electron chi connectivity index (χ1n) is 8.65. The fraction of sp³-hybridized carbons (Fsp3) is 0.263. The van der Waals surface area contributed by atoms with Gasteiger partial charge in [-0.1, -0.05) is 33.2 Å². The van der Waals surface area contributed by atoms with Crippen LogP contribution in [-0.2, 0) is 22.8 Å². The highest BCUT2D eigenvalue weighted by Crippen LogP contribution is 2.53. The van der Waals surface area contributed by atoms with E-state index in [1.165, 1.54) is 0 Å². The number of hydrogen-bond acceptors (Lipinski definition) is 3. The zero-order valence-electron chi connectivity index (χ0n) is 15.7. The Morgan fingerprint density at radius 2 is 1.39 bits per heavy atom. The van der Waals surface area contributed by atoms with Gasteiger partial charge in [0.05, 0.1) is 11.1 Å². The number of nitrogens with zero attached hydrogens (tertiary/aromatic N) is 1. The number of amides is 1. The molecule has 178 valence electrons. The lowest BCUT2D eigenvalue weighted by molar-refractivity contribution is -0.273. The van der Waals surface area contributed by atoms with Gasteiger partial charge in [0.15, 0.2) is 0 Å². The van der Waals surface area contributed by atoms with Gasteiger partial charge in [-0.25, -0.2) is 0 Å². The predicted octanol–water partition coefficient (Wildman–Crippen LogP) is 5.78. The summed E-state index contributed by atoms with van der Waals surface area (Å²) in [5.41, 5.74) is -4.50. The maximum absolute atomic E-state index is 14.2. The molecule has 0 radical (unpaired) electrons. The Morgan fingerprint density at radius 3 is 1.79 bits per heavy atom. The number of halogens is 10. The van der Waals surface area contributed by atoms with E-state index in [1.54, 1.807) is 0 Å². The molecule has 33 heavy (non-hydrogen) atoms. The minimum atomic E-state index is -5.51. The minimum absolute atomic E-state index is 0.000769. The summed E-state index contributed by atoms with van der Waals surface area (Å²) in [6.07, 6.45) is -16.3. The van der Waals surface area contributed by atoms with E-state index in [0.29, 0.717) is 0 Å². The van der Waals surface area contributed by atoms with Gasteiger partial charge in [-0.3, -0.25) is 4.79 Å². The van der Waals surface area contributed by atoms with Crippen LogP contribution in [0.4, 0.5) is 39.5 Å². The standard InChI is InChI=1S/C19H10BrF9N2O2/c20-14-13(8-1-3-9(4-2-8)15(30)32)31-33-16(14,19(27,28)29)10-5-11(17(21,22)23)7-12(6-10)18(24,25)26/h1-7,14H,(H2,30,32). The number of carbonyl (C=O) groups is 1. The Bertz CT molecular complexity index is 1080. The molecule has 14 heteroatoms. The molecule has 2 aromatic carbocycles. The molecule has 4 nitrogen and oxygen atoms in total. The topological polar surface area (TPSA) is 64.7 Å². The van der Waals surface area contributed by atoms with E-state index in [1.807, 2.05) is 0 Å². The molecule has 2 atom stereocenters. The summed E-state index contributed by atoms with van der Waals surface area (Å²) in [5.74, 6) is -0.838. The van der Waals surface area contributed by atoms with Crippen molar-refractivity contribution in [2.45, 2.75) is 29.0 Å². The molecule has 1 amide bonds. The quantitative estimate of drug-likeness (QED) is 0.390. The molecule has 0 saturated heterocycles. The molecule has 3 rings (SSSR count). The highest BCUT2D eigenvalue weighted by atomic mass is 79.9. The second kappa shape index (κ2) is 7.92. The average Bonchev–Trinajstić information content (AvgIpc) is 3.04. The fourth-order valence-corrected chi connectivity index (χ4v) is 4.09. The lowest BCUT2D eigenvalue weighted by atomic mass is 9.84. The van der Waals surface area contributed by atoms with E-state index in [9.17, 15) is 44.3 Å². The highest BCUT2D eigenvalue weighted by Gasteiger charge is 2.68. The van der Waals surface area contributed by atoms with Crippen LogP contribution in [0.2, 0.25) is 0 Å². The minimum Gasteiger partial charge on any atom is -0.373 e. The largest absolute Gasteiger partial charge is 0.436 e. The van der Waals surface area contributed by atoms with Gasteiger partial charge in [-0.2, -0.15) is 39.5 Å². The number of hydrogen-bond donors (Lipinski definition) is 1. The molecular weight excluding hydrogens is 539 g/mol. The van der Waals surface area contributed by atoms with Crippen molar-refractivity contribution in [1.29, 1.82) is 0 Å². The van der Waals surface area contributed by atoms with Gasteiger partial charge in [-0.05, 0) is 30.3 Å². The summed E-state index contributed by atoms with van der Waals surface area (Å²) in [6, 6.07) is 4.18. The molecule has 1 heterocycles. The zero-order valence-corrected chi connectivity index (χ0v) is 17.3. The summed E-state index contributed by atoms with van der Waals surface area (Å²) < 4.78 is 122. The van der Waals surface area contributed by atoms with Gasteiger partial charge < -0.3 is 10.6 Å². The van der Waals surface area contributed by atoms with Gasteiger partial charge >= 0.3 is 18.5 Å². The van der Waals surface area contributed by atoms with E-state index in [0.717, 1.165) is 24.3 Å². The molecule has 0 bridgehead atoms. The van der Waals surface area contributed by atoms with E-state index in [2.05, 4.69) is 25.9 Å². The molecule has 0 aromatic heterocycles. The average molecular weight is 549 g/mol. The number of nitrogens with two attached hydrogens (primary N) is 1. The molecule has 2 N–H and O–H groups in total. The third-order valence-corrected chi connectivity index (χ3v) is 5.87. The number of primary amides is 1. The van der Waals surface area contributed by atoms with E-state index in [-0.39, 0.29) is 29.3 Å². The molecule has 2 aromatic rings. The summed E-state index contributed by atoms with van der Waals surface area (Å²) >= 11 is 2.71. The lowest BCUT2D eigenvalue weighted by Crippen LogP contribution is -2.50. The fourth-order valence-electron chi connectivity index (χ4n) is 3.14. The Labute approximate surface area is 187 Å². The second-order valence-electron chi connectivity index (χ2n) is 6.90. The molecule has 1 aliphatic rings. The number of benzene rings is 2. The summed E-state index contributed by atoms with van der Waals surface area (Å²) in [5, 5.41) is 3.31. The van der Waals surface area contributed by atoms with Crippen LogP contribution in [0.3, 0.4) is 0 Å². The van der Waals surface area contributed by atoms with Crippen molar-refractivity contribution >= 4 is 27.5 Å². The van der Waals surface area contributed by atoms with Crippen LogP contribution in [0.25, 0.3) is 0 Å². The van der Waals surface area contributed by atoms with E-state index < -0.39 is 57.3 Å². The normalized spacial score (nSPS) is 21.5. The molecule has 0 aliphatic carbocycles. The van der Waals surface area contributed by atoms with Gasteiger partial charge in [-0.15, -0.1) is 0 Å². The zero-order chi connectivity index (χ0) is 25.0. The highest BCUT2D eigenvalue weighted by molar-refractivity contribution is 9.10. The Kier molecular flexibility index (Phi) is 5.97. The Morgan fingerprint density at radius 1 is 0.909 bits per heavy atom. The van der Waals surface area contributed by atoms with Crippen LogP contribution in [0.15, 0.2) is 47.6 Å². The number of oxime groups is 1. The first-order chi connectivity index (χ1) is 15.0. The summed E-state index contributed by atoms with van der Waals surface area (Å²) in [4.78, 5) is 13.7. The van der Waals surface area contributed by atoms with Crippen molar-refractivity contribution in [2.24, 2.45) is 10.9 Å². The molecule has 0 spiro atoms. The van der Waals surface area contributed by atoms with Gasteiger partial charge in [0.2, 0.25) is 5.91 Å². The number of rotatable bonds is 3. The molecule has 0 saturated carbocycles. The SMILES string of the molecule is NC(=O)c1ccc(C2=NOC(c3cc(C(F)(F)F)cc(C(F)(F)F)c3)(C(F)(F)F)C2Br)cc1. The van der Waals surface area contributed by atoms with Crippen LogP contribution in [0.1, 0.15) is 32.6 Å². The van der Waals surface area contributed by atoms with Crippen molar-refractivity contribution in [3.8, 4) is 0 Å². The van der Waals surface area contributed by atoms with Gasteiger partial charge in [0.1, 0.15) is 10.5 Å². The van der Waals surface area contributed by atoms with E-state index >= 15 is 0 Å². The van der Waals surface area contributed by atoms with Crippen LogP contribution in [0, 0.1) is 0 Å². The van der Waals surface area contributed by atoms with Gasteiger partial charge in [0, 0.05) is 16.7 Å². The van der Waals surface area contributed by atoms with E-state index in [4.69, 9.17) is 5.73 Å². The Hall–Kier alpha value is -2.77. The second-order valence-corrected chi connectivity index (χ2v) is 7.82. The molecule has 0 fully saturated rings. The van der Waals surface area contributed by atoms with Gasteiger partial charge in [0.25, 0.3) is 5.60 Å². The molecule has 1 aliphatic heterocycles. The smallest absolute Gasteiger partial charge is 0.373 e. The molecule has 2 unspecified atom stereocenters. The summed E-state index contributed by atoms with van der Waals surface area (Å²) in [7, 11) is 0. The van der Waals surface area contributed by atoms with Crippen molar-refractivity contribution in [3.05, 3.63) is 70.3 Å². The number of alkyl halides is 10. The third kappa shape index (κ3) is 4.39. The first kappa shape index (κ1) is 24.9. The van der Waals surface area contributed by atoms with Crippen LogP contribution >= 0.6 is 15.9 Å². The maximum atomic E-state index is 14.2. The van der Waals surface area contributed by atoms with Crippen LogP contribution in [-0.4, -0.2) is 22.6 Å². The van der Waals surface area contributed by atoms with Crippen LogP contribution in [0.5, 0.6) is 0 Å². The molecular formula is C19H10BrF9N2O2. The van der Waals surface area contributed by atoms with Crippen molar-refractivity contribution in [1.82, 2.24) is 0 Å². The third-order valence-electron chi connectivity index (χ3n) is 4.79. The maximum Gasteiger partial charge on any atom is 0.436 e. The van der Waals surface area contributed by atoms with Crippen LogP contribution < -0.4 is 5.73 Å². The first-order valence-corrected chi connectivity index (χ1v) is 9.57. The Balaban J connectivity index is 2.19. The lowest BCUT2D eigenvalue weighted by Gasteiger charge is -2.33. The van der Waals surface area contributed by atoms with Crippen molar-refractivity contribution in [2.75, 3.05) is 0 Å². The monoisotopic (exact) mass is 548 g/mol. The summed E-state index contributed by atoms with van der Waals surface area (Å²) in [6.45, 7) is 0. The number of carbonyl (C=O) groups excluding carboxylic acids is 1. The van der Waals surface area contributed by atoms with Crippen molar-refractivity contribution in [3.63, 3.8) is 0 Å². The predicted molar refractivity (Wildman–Crippen MR) is 99.5 cm³/mol. The van der Waals surface area contributed by atoms with Crippen molar-refractivity contribution < 1.29 is 49.1 Å².